The quantitative estimate of drug-likeness (QED) is 0.587. The Labute approximate surface area is 106 Å². The average Bonchev–Trinajstić information content (AvgIpc) is 2.39. The maximum absolute atomic E-state index is 11.3. The number of carbonyl (C=O) groups excluding carboxylic acids is 2. The van der Waals surface area contributed by atoms with Crippen molar-refractivity contribution < 1.29 is 23.8 Å². The van der Waals surface area contributed by atoms with Crippen molar-refractivity contribution in [3.63, 3.8) is 0 Å². The number of hydrogen-bond donors (Lipinski definition) is 0. The van der Waals surface area contributed by atoms with Gasteiger partial charge in [-0.15, -0.1) is 0 Å². The van der Waals surface area contributed by atoms with E-state index in [2.05, 4.69) is 4.74 Å². The Balaban J connectivity index is 3.39. The Kier molecular flexibility index (Phi) is 4.71. The van der Waals surface area contributed by atoms with Crippen LogP contribution in [0.3, 0.4) is 0 Å². The highest BCUT2D eigenvalue weighted by atomic mass is 16.5. The molecule has 0 unspecified atom stereocenters. The molecule has 0 radical (unpaired) electrons. The lowest BCUT2D eigenvalue weighted by Gasteiger charge is -2.15. The molecule has 0 saturated heterocycles. The van der Waals surface area contributed by atoms with Crippen molar-refractivity contribution in [1.82, 2.24) is 0 Å². The van der Waals surface area contributed by atoms with Gasteiger partial charge in [-0.25, -0.2) is 0 Å². The molecule has 0 aliphatic rings. The van der Waals surface area contributed by atoms with Crippen LogP contribution in [-0.4, -0.2) is 33.6 Å². The standard InChI is InChI=1S/C13H16O5/c1-8-11(16-2)5-9(6-12(15)17-3)10(7-14)13(8)18-4/h5,7H,6H2,1-4H3. The Morgan fingerprint density at radius 2 is 1.94 bits per heavy atom. The van der Waals surface area contributed by atoms with E-state index in [1.807, 2.05) is 0 Å². The molecule has 5 heteroatoms. The first-order valence-corrected chi connectivity index (χ1v) is 5.35. The molecule has 0 N–H and O–H groups in total. The van der Waals surface area contributed by atoms with E-state index in [1.165, 1.54) is 21.3 Å². The molecule has 18 heavy (non-hydrogen) atoms. The Morgan fingerprint density at radius 1 is 1.28 bits per heavy atom. The second-order valence-electron chi connectivity index (χ2n) is 3.68. The fraction of sp³-hybridized carbons (Fsp3) is 0.385. The smallest absolute Gasteiger partial charge is 0.310 e. The highest BCUT2D eigenvalue weighted by Crippen LogP contribution is 2.33. The summed E-state index contributed by atoms with van der Waals surface area (Å²) >= 11 is 0. The van der Waals surface area contributed by atoms with Crippen molar-refractivity contribution in [2.45, 2.75) is 13.3 Å². The van der Waals surface area contributed by atoms with Crippen LogP contribution in [0.15, 0.2) is 6.07 Å². The molecule has 0 aliphatic heterocycles. The molecular formula is C13H16O5. The number of hydrogen-bond acceptors (Lipinski definition) is 5. The third kappa shape index (κ3) is 2.61. The molecule has 0 spiro atoms. The molecule has 5 nitrogen and oxygen atoms in total. The summed E-state index contributed by atoms with van der Waals surface area (Å²) in [6.07, 6.45) is 0.668. The van der Waals surface area contributed by atoms with Gasteiger partial charge >= 0.3 is 5.97 Å². The fourth-order valence-electron chi connectivity index (χ4n) is 1.78. The van der Waals surface area contributed by atoms with Gasteiger partial charge in [0.2, 0.25) is 0 Å². The number of aldehydes is 1. The van der Waals surface area contributed by atoms with Gasteiger partial charge in [0, 0.05) is 5.56 Å². The third-order valence-corrected chi connectivity index (χ3v) is 2.71. The predicted molar refractivity (Wildman–Crippen MR) is 65.4 cm³/mol. The van der Waals surface area contributed by atoms with Crippen LogP contribution in [0.5, 0.6) is 11.5 Å². The summed E-state index contributed by atoms with van der Waals surface area (Å²) in [7, 11) is 4.28. The normalized spacial score (nSPS) is 9.78. The van der Waals surface area contributed by atoms with Crippen LogP contribution >= 0.6 is 0 Å². The summed E-state index contributed by atoms with van der Waals surface area (Å²) in [5, 5.41) is 0. The lowest BCUT2D eigenvalue weighted by Crippen LogP contribution is -2.09. The molecule has 1 rings (SSSR count). The first-order valence-electron chi connectivity index (χ1n) is 5.35. The van der Waals surface area contributed by atoms with Crippen molar-refractivity contribution in [3.05, 3.63) is 22.8 Å². The summed E-state index contributed by atoms with van der Waals surface area (Å²) in [5.41, 5.74) is 1.59. The average molecular weight is 252 g/mol. The summed E-state index contributed by atoms with van der Waals surface area (Å²) in [4.78, 5) is 22.5. The molecule has 0 aromatic heterocycles. The van der Waals surface area contributed by atoms with E-state index in [1.54, 1.807) is 13.0 Å². The molecule has 1 aromatic carbocycles. The number of ether oxygens (including phenoxy) is 3. The topological polar surface area (TPSA) is 61.8 Å². The molecule has 0 aliphatic carbocycles. The van der Waals surface area contributed by atoms with E-state index in [-0.39, 0.29) is 6.42 Å². The molecular weight excluding hydrogens is 236 g/mol. The van der Waals surface area contributed by atoms with Crippen molar-refractivity contribution in [1.29, 1.82) is 0 Å². The zero-order valence-electron chi connectivity index (χ0n) is 10.9. The molecule has 0 fully saturated rings. The molecule has 1 aromatic rings. The number of rotatable bonds is 5. The first-order chi connectivity index (χ1) is 8.58. The van der Waals surface area contributed by atoms with Crippen molar-refractivity contribution in [2.75, 3.05) is 21.3 Å². The minimum absolute atomic E-state index is 0.00241. The van der Waals surface area contributed by atoms with E-state index in [0.717, 1.165) is 5.56 Å². The molecule has 98 valence electrons. The van der Waals surface area contributed by atoms with Gasteiger partial charge in [-0.05, 0) is 18.6 Å². The Hall–Kier alpha value is -2.04. The second kappa shape index (κ2) is 6.05. The summed E-state index contributed by atoms with van der Waals surface area (Å²) in [6.45, 7) is 1.78. The molecule has 0 atom stereocenters. The van der Waals surface area contributed by atoms with Gasteiger partial charge in [0.1, 0.15) is 11.5 Å². The van der Waals surface area contributed by atoms with Gasteiger partial charge in [0.25, 0.3) is 0 Å². The van der Waals surface area contributed by atoms with Gasteiger partial charge < -0.3 is 14.2 Å². The van der Waals surface area contributed by atoms with Crippen molar-refractivity contribution >= 4 is 12.3 Å². The van der Waals surface area contributed by atoms with Gasteiger partial charge in [0.15, 0.2) is 6.29 Å². The lowest BCUT2D eigenvalue weighted by molar-refractivity contribution is -0.139. The molecule has 0 saturated carbocycles. The minimum atomic E-state index is -0.425. The SMILES string of the molecule is COC(=O)Cc1cc(OC)c(C)c(OC)c1C=O. The summed E-state index contributed by atoms with van der Waals surface area (Å²) < 4.78 is 15.0. The largest absolute Gasteiger partial charge is 0.496 e. The number of methoxy groups -OCH3 is 3. The van der Waals surface area contributed by atoms with Gasteiger partial charge in [-0.2, -0.15) is 0 Å². The van der Waals surface area contributed by atoms with E-state index >= 15 is 0 Å². The van der Waals surface area contributed by atoms with Crippen LogP contribution < -0.4 is 9.47 Å². The van der Waals surface area contributed by atoms with Crippen molar-refractivity contribution in [2.24, 2.45) is 0 Å². The van der Waals surface area contributed by atoms with Crippen molar-refractivity contribution in [3.8, 4) is 11.5 Å². The number of esters is 1. The van der Waals surface area contributed by atoms with E-state index < -0.39 is 5.97 Å². The number of benzene rings is 1. The predicted octanol–water partition coefficient (Wildman–Crippen LogP) is 1.54. The van der Waals surface area contributed by atoms with Crippen LogP contribution in [0.2, 0.25) is 0 Å². The van der Waals surface area contributed by atoms with Crippen LogP contribution in [-0.2, 0) is 16.0 Å². The van der Waals surface area contributed by atoms with Gasteiger partial charge in [-0.1, -0.05) is 0 Å². The second-order valence-corrected chi connectivity index (χ2v) is 3.68. The summed E-state index contributed by atoms with van der Waals surface area (Å²) in [6, 6.07) is 1.65. The Bertz CT molecular complexity index is 465. The third-order valence-electron chi connectivity index (χ3n) is 2.71. The van der Waals surface area contributed by atoms with Gasteiger partial charge in [0.05, 0.1) is 33.3 Å². The van der Waals surface area contributed by atoms with E-state index in [4.69, 9.17) is 9.47 Å². The zero-order valence-corrected chi connectivity index (χ0v) is 10.9. The van der Waals surface area contributed by atoms with E-state index in [0.29, 0.717) is 28.9 Å². The lowest BCUT2D eigenvalue weighted by atomic mass is 10.00. The minimum Gasteiger partial charge on any atom is -0.496 e. The molecule has 0 amide bonds. The van der Waals surface area contributed by atoms with Crippen LogP contribution in [0.1, 0.15) is 21.5 Å². The maximum Gasteiger partial charge on any atom is 0.310 e. The van der Waals surface area contributed by atoms with Gasteiger partial charge in [-0.3, -0.25) is 9.59 Å². The van der Waals surface area contributed by atoms with Crippen LogP contribution in [0, 0.1) is 6.92 Å². The van der Waals surface area contributed by atoms with E-state index in [9.17, 15) is 9.59 Å². The first kappa shape index (κ1) is 14.0. The zero-order chi connectivity index (χ0) is 13.7. The fourth-order valence-corrected chi connectivity index (χ4v) is 1.78. The molecule has 0 bridgehead atoms. The highest BCUT2D eigenvalue weighted by Gasteiger charge is 2.18. The summed E-state index contributed by atoms with van der Waals surface area (Å²) in [5.74, 6) is 0.561. The van der Waals surface area contributed by atoms with Crippen LogP contribution in [0.4, 0.5) is 0 Å². The molecule has 0 heterocycles. The number of carbonyl (C=O) groups is 2. The Morgan fingerprint density at radius 3 is 2.39 bits per heavy atom. The monoisotopic (exact) mass is 252 g/mol. The maximum atomic E-state index is 11.3. The van der Waals surface area contributed by atoms with Crippen LogP contribution in [0.25, 0.3) is 0 Å². The highest BCUT2D eigenvalue weighted by molar-refractivity contribution is 5.86.